The fourth-order valence-electron chi connectivity index (χ4n) is 8.44. The minimum atomic E-state index is -0.791. The Labute approximate surface area is 416 Å². The molecule has 1 atom stereocenters. The topological polar surface area (TPSA) is 78.9 Å². The van der Waals surface area contributed by atoms with Crippen LogP contribution in [0.2, 0.25) is 0 Å². The van der Waals surface area contributed by atoms with E-state index < -0.39 is 6.10 Å². The zero-order valence-electron chi connectivity index (χ0n) is 44.7. The number of carbonyl (C=O) groups is 3. The normalized spacial score (nSPS) is 12.3. The van der Waals surface area contributed by atoms with Gasteiger partial charge in [0, 0.05) is 19.3 Å². The zero-order chi connectivity index (χ0) is 48.6. The molecule has 0 aromatic heterocycles. The van der Waals surface area contributed by atoms with E-state index in [2.05, 4.69) is 69.4 Å². The van der Waals surface area contributed by atoms with Crippen molar-refractivity contribution in [3.63, 3.8) is 0 Å². The lowest BCUT2D eigenvalue weighted by Crippen LogP contribution is -2.30. The van der Waals surface area contributed by atoms with Crippen LogP contribution in [0.15, 0.2) is 48.6 Å². The molecule has 0 aliphatic carbocycles. The predicted octanol–water partition coefficient (Wildman–Crippen LogP) is 19.4. The lowest BCUT2D eigenvalue weighted by Gasteiger charge is -2.18. The molecule has 6 heteroatoms. The Morgan fingerprint density at radius 3 is 0.896 bits per heavy atom. The Balaban J connectivity index is 4.38. The van der Waals surface area contributed by atoms with Gasteiger partial charge in [-0.1, -0.05) is 275 Å². The highest BCUT2D eigenvalue weighted by Gasteiger charge is 2.19. The highest BCUT2D eigenvalue weighted by atomic mass is 16.6. The van der Waals surface area contributed by atoms with Crippen molar-refractivity contribution in [3.05, 3.63) is 48.6 Å². The molecule has 0 amide bonds. The number of carbonyl (C=O) groups excluding carboxylic acids is 3. The van der Waals surface area contributed by atoms with E-state index in [0.29, 0.717) is 19.3 Å². The summed E-state index contributed by atoms with van der Waals surface area (Å²) in [4.78, 5) is 38.1. The Bertz CT molecular complexity index is 1170. The lowest BCUT2D eigenvalue weighted by atomic mass is 10.0. The second kappa shape index (κ2) is 56.0. The van der Waals surface area contributed by atoms with E-state index in [0.717, 1.165) is 64.2 Å². The summed E-state index contributed by atoms with van der Waals surface area (Å²) in [5.74, 6) is -0.928. The van der Waals surface area contributed by atoms with Gasteiger partial charge in [0.15, 0.2) is 6.10 Å². The fourth-order valence-corrected chi connectivity index (χ4v) is 8.44. The van der Waals surface area contributed by atoms with Gasteiger partial charge in [0.25, 0.3) is 0 Å². The van der Waals surface area contributed by atoms with Crippen LogP contribution in [0.3, 0.4) is 0 Å². The summed E-state index contributed by atoms with van der Waals surface area (Å²) in [5, 5.41) is 0. The Morgan fingerprint density at radius 2 is 0.552 bits per heavy atom. The minimum absolute atomic E-state index is 0.0855. The zero-order valence-corrected chi connectivity index (χ0v) is 44.7. The first-order chi connectivity index (χ1) is 33.0. The second-order valence-electron chi connectivity index (χ2n) is 19.6. The average molecular weight is 940 g/mol. The molecular formula is C61H110O6. The predicted molar refractivity (Wildman–Crippen MR) is 289 cm³/mol. The van der Waals surface area contributed by atoms with Crippen LogP contribution in [0, 0.1) is 0 Å². The van der Waals surface area contributed by atoms with E-state index in [1.807, 2.05) is 0 Å². The van der Waals surface area contributed by atoms with E-state index in [4.69, 9.17) is 14.2 Å². The van der Waals surface area contributed by atoms with Gasteiger partial charge in [-0.15, -0.1) is 0 Å². The molecule has 0 unspecified atom stereocenters. The highest BCUT2D eigenvalue weighted by molar-refractivity contribution is 5.71. The average Bonchev–Trinajstić information content (AvgIpc) is 3.33. The number of allylic oxidation sites excluding steroid dienone is 8. The van der Waals surface area contributed by atoms with Gasteiger partial charge in [0.2, 0.25) is 0 Å². The monoisotopic (exact) mass is 939 g/mol. The van der Waals surface area contributed by atoms with Crippen LogP contribution in [0.5, 0.6) is 0 Å². The van der Waals surface area contributed by atoms with Gasteiger partial charge in [-0.25, -0.2) is 0 Å². The first-order valence-electron chi connectivity index (χ1n) is 29.1. The largest absolute Gasteiger partial charge is 0.462 e. The van der Waals surface area contributed by atoms with Gasteiger partial charge in [0.1, 0.15) is 13.2 Å². The van der Waals surface area contributed by atoms with Gasteiger partial charge < -0.3 is 14.2 Å². The first-order valence-corrected chi connectivity index (χ1v) is 29.1. The van der Waals surface area contributed by atoms with Crippen molar-refractivity contribution in [2.45, 2.75) is 309 Å². The molecular weight excluding hydrogens is 829 g/mol. The Kier molecular flexibility index (Phi) is 53.8. The molecule has 0 N–H and O–H groups in total. The molecule has 0 spiro atoms. The third-order valence-corrected chi connectivity index (χ3v) is 12.8. The number of unbranched alkanes of at least 4 members (excludes halogenated alkanes) is 34. The van der Waals surface area contributed by atoms with Gasteiger partial charge in [-0.2, -0.15) is 0 Å². The molecule has 0 aliphatic heterocycles. The molecule has 0 saturated carbocycles. The van der Waals surface area contributed by atoms with Crippen LogP contribution in [0.25, 0.3) is 0 Å². The van der Waals surface area contributed by atoms with E-state index in [-0.39, 0.29) is 37.5 Å². The van der Waals surface area contributed by atoms with Crippen molar-refractivity contribution in [2.24, 2.45) is 0 Å². The maximum atomic E-state index is 12.8. The van der Waals surface area contributed by atoms with Crippen molar-refractivity contribution in [3.8, 4) is 0 Å². The molecule has 0 rings (SSSR count). The van der Waals surface area contributed by atoms with Crippen molar-refractivity contribution < 1.29 is 28.6 Å². The first kappa shape index (κ1) is 64.4. The molecule has 0 radical (unpaired) electrons. The van der Waals surface area contributed by atoms with E-state index in [9.17, 15) is 14.4 Å². The molecule has 0 aromatic rings. The maximum absolute atomic E-state index is 12.8. The molecule has 0 bridgehead atoms. The van der Waals surface area contributed by atoms with Crippen LogP contribution in [-0.2, 0) is 28.6 Å². The summed E-state index contributed by atoms with van der Waals surface area (Å²) in [5.41, 5.74) is 0. The lowest BCUT2D eigenvalue weighted by molar-refractivity contribution is -0.167. The van der Waals surface area contributed by atoms with E-state index >= 15 is 0 Å². The standard InChI is InChI=1S/C61H110O6/c1-4-7-10-13-16-19-22-25-27-29-30-32-34-37-39-42-45-48-51-54-60(63)66-57-58(67-61(64)55-52-49-46-43-40-35-24-21-18-15-12-9-6-3)56-65-59(62)53-50-47-44-41-38-36-33-31-28-26-23-20-17-14-11-8-5-2/h17,20,26,28,33,36,41,44,58H,4-16,18-19,21-25,27,29-32,34-35,37-40,42-43,45-57H2,1-3H3/b20-17-,28-26-,36-33-,44-41-/t58-/m1/s1. The number of esters is 3. The number of hydrogen-bond acceptors (Lipinski definition) is 6. The number of hydrogen-bond donors (Lipinski definition) is 0. The van der Waals surface area contributed by atoms with Crippen molar-refractivity contribution in [2.75, 3.05) is 13.2 Å². The smallest absolute Gasteiger partial charge is 0.306 e. The van der Waals surface area contributed by atoms with Crippen LogP contribution < -0.4 is 0 Å². The summed E-state index contributed by atoms with van der Waals surface area (Å²) >= 11 is 0. The molecule has 0 fully saturated rings. The maximum Gasteiger partial charge on any atom is 0.306 e. The summed E-state index contributed by atoms with van der Waals surface area (Å²) < 4.78 is 16.8. The molecule has 6 nitrogen and oxygen atoms in total. The highest BCUT2D eigenvalue weighted by Crippen LogP contribution is 2.17. The van der Waals surface area contributed by atoms with Crippen LogP contribution >= 0.6 is 0 Å². The van der Waals surface area contributed by atoms with Gasteiger partial charge in [0.05, 0.1) is 0 Å². The van der Waals surface area contributed by atoms with E-state index in [1.165, 1.54) is 193 Å². The molecule has 0 saturated heterocycles. The third-order valence-electron chi connectivity index (χ3n) is 12.8. The van der Waals surface area contributed by atoms with Gasteiger partial charge >= 0.3 is 17.9 Å². The molecule has 0 aliphatic rings. The Morgan fingerprint density at radius 1 is 0.299 bits per heavy atom. The summed E-state index contributed by atoms with van der Waals surface area (Å²) in [6.45, 7) is 6.60. The fraction of sp³-hybridized carbons (Fsp3) is 0.820. The van der Waals surface area contributed by atoms with Crippen molar-refractivity contribution in [1.29, 1.82) is 0 Å². The number of rotatable bonds is 53. The van der Waals surface area contributed by atoms with Crippen molar-refractivity contribution in [1.82, 2.24) is 0 Å². The van der Waals surface area contributed by atoms with Crippen molar-refractivity contribution >= 4 is 17.9 Å². The van der Waals surface area contributed by atoms with Gasteiger partial charge in [-0.05, 0) is 57.8 Å². The SMILES string of the molecule is CCCCC/C=C\C/C=C\C/C=C\C/C=C\CCCC(=O)OC[C@H](COC(=O)CCCCCCCCCCCCCCCCCCCCC)OC(=O)CCCCCCCCCCCCCCC. The summed E-state index contributed by atoms with van der Waals surface area (Å²) in [7, 11) is 0. The Hall–Kier alpha value is -2.63. The summed E-state index contributed by atoms with van der Waals surface area (Å²) in [6.07, 6.45) is 68.2. The van der Waals surface area contributed by atoms with Crippen LogP contribution in [0.4, 0.5) is 0 Å². The van der Waals surface area contributed by atoms with Crippen LogP contribution in [0.1, 0.15) is 303 Å². The molecule has 0 heterocycles. The summed E-state index contributed by atoms with van der Waals surface area (Å²) in [6, 6.07) is 0. The molecule has 67 heavy (non-hydrogen) atoms. The third kappa shape index (κ3) is 54.2. The van der Waals surface area contributed by atoms with E-state index in [1.54, 1.807) is 0 Å². The quantitative estimate of drug-likeness (QED) is 0.0262. The number of ether oxygens (including phenoxy) is 3. The minimum Gasteiger partial charge on any atom is -0.462 e. The second-order valence-corrected chi connectivity index (χ2v) is 19.6. The molecule has 390 valence electrons. The van der Waals surface area contributed by atoms with Gasteiger partial charge in [-0.3, -0.25) is 14.4 Å². The molecule has 0 aromatic carbocycles. The van der Waals surface area contributed by atoms with Crippen LogP contribution in [-0.4, -0.2) is 37.2 Å².